The first-order valence-corrected chi connectivity index (χ1v) is 4.58. The van der Waals surface area contributed by atoms with Crippen LogP contribution in [-0.4, -0.2) is 12.8 Å². The molecule has 0 amide bonds. The van der Waals surface area contributed by atoms with E-state index in [1.165, 1.54) is 5.46 Å². The van der Waals surface area contributed by atoms with Crippen LogP contribution in [0.4, 0.5) is 0 Å². The molecule has 0 fully saturated rings. The predicted octanol–water partition coefficient (Wildman–Crippen LogP) is 1.24. The van der Waals surface area contributed by atoms with Gasteiger partial charge >= 0.3 is 0 Å². The molecule has 14 heavy (non-hydrogen) atoms. The smallest absolute Gasteiger partial charge is 0.227 e. The number of fused-ring (bicyclic) bond motifs is 3. The first kappa shape index (κ1) is 7.62. The van der Waals surface area contributed by atoms with Gasteiger partial charge in [-0.15, -0.1) is 0 Å². The van der Waals surface area contributed by atoms with Crippen LogP contribution in [0.3, 0.4) is 0 Å². The van der Waals surface area contributed by atoms with Gasteiger partial charge in [0, 0.05) is 17.0 Å². The summed E-state index contributed by atoms with van der Waals surface area (Å²) in [6.07, 6.45) is 1.75. The third-order valence-corrected chi connectivity index (χ3v) is 2.40. The van der Waals surface area contributed by atoms with Crippen LogP contribution in [0.2, 0.25) is 0 Å². The van der Waals surface area contributed by atoms with Crippen molar-refractivity contribution in [2.24, 2.45) is 0 Å². The molecule has 0 saturated heterocycles. The van der Waals surface area contributed by atoms with Crippen molar-refractivity contribution in [1.82, 2.24) is 4.98 Å². The number of pyridine rings is 1. The van der Waals surface area contributed by atoms with Gasteiger partial charge in [0.1, 0.15) is 13.4 Å². The van der Waals surface area contributed by atoms with Gasteiger partial charge in [-0.3, -0.25) is 0 Å². The van der Waals surface area contributed by atoms with Gasteiger partial charge in [-0.05, 0) is 18.2 Å². The summed E-state index contributed by atoms with van der Waals surface area (Å²) in [5, 5.41) is 2.24. The molecule has 0 spiro atoms. The summed E-state index contributed by atoms with van der Waals surface area (Å²) in [4.78, 5) is 4.18. The van der Waals surface area contributed by atoms with E-state index in [-0.39, 0.29) is 0 Å². The zero-order valence-electron chi connectivity index (χ0n) is 7.82. The maximum absolute atomic E-state index is 5.60. The Hall–Kier alpha value is -1.77. The molecule has 0 bridgehead atoms. The molecule has 0 N–H and O–H groups in total. The number of furan rings is 1. The van der Waals surface area contributed by atoms with Gasteiger partial charge < -0.3 is 4.42 Å². The van der Waals surface area contributed by atoms with Crippen LogP contribution in [-0.2, 0) is 0 Å². The first-order chi connectivity index (χ1) is 6.84. The van der Waals surface area contributed by atoms with Crippen molar-refractivity contribution in [1.29, 1.82) is 0 Å². The lowest BCUT2D eigenvalue weighted by Gasteiger charge is -1.90. The van der Waals surface area contributed by atoms with Crippen molar-refractivity contribution < 1.29 is 4.42 Å². The number of benzene rings is 1. The summed E-state index contributed by atoms with van der Waals surface area (Å²) >= 11 is 0. The van der Waals surface area contributed by atoms with Crippen LogP contribution in [0.5, 0.6) is 0 Å². The van der Waals surface area contributed by atoms with E-state index in [4.69, 9.17) is 4.42 Å². The second kappa shape index (κ2) is 2.61. The molecule has 3 rings (SSSR count). The molecule has 0 aliphatic rings. The maximum Gasteiger partial charge on any atom is 0.227 e. The lowest BCUT2D eigenvalue weighted by molar-refractivity contribution is 0.654. The third-order valence-electron chi connectivity index (χ3n) is 2.40. The highest BCUT2D eigenvalue weighted by Gasteiger charge is 2.05. The topological polar surface area (TPSA) is 26.0 Å². The fourth-order valence-electron chi connectivity index (χ4n) is 1.72. The molecular weight excluding hydrogens is 173 g/mol. The molecular formula is C11H8BNO. The molecule has 0 aliphatic heterocycles. The van der Waals surface area contributed by atoms with Gasteiger partial charge in [0.25, 0.3) is 0 Å². The van der Waals surface area contributed by atoms with Gasteiger partial charge in [-0.25, -0.2) is 4.98 Å². The minimum absolute atomic E-state index is 0.716. The minimum Gasteiger partial charge on any atom is -0.438 e. The molecule has 0 unspecified atom stereocenters. The summed E-state index contributed by atoms with van der Waals surface area (Å²) in [6, 6.07) is 10.1. The normalized spacial score (nSPS) is 11.1. The zero-order chi connectivity index (χ0) is 9.54. The molecule has 0 saturated carbocycles. The Morgan fingerprint density at radius 3 is 3.00 bits per heavy atom. The van der Waals surface area contributed by atoms with Crippen LogP contribution >= 0.6 is 0 Å². The van der Waals surface area contributed by atoms with Crippen LogP contribution in [0.25, 0.3) is 22.1 Å². The van der Waals surface area contributed by atoms with Crippen LogP contribution < -0.4 is 5.46 Å². The summed E-state index contributed by atoms with van der Waals surface area (Å²) in [7, 11) is 2.08. The summed E-state index contributed by atoms with van der Waals surface area (Å²) < 4.78 is 5.60. The van der Waals surface area contributed by atoms with Crippen molar-refractivity contribution in [3.05, 3.63) is 36.5 Å². The van der Waals surface area contributed by atoms with Crippen LogP contribution in [0, 0.1) is 0 Å². The minimum atomic E-state index is 0.716. The van der Waals surface area contributed by atoms with E-state index in [1.54, 1.807) is 6.20 Å². The van der Waals surface area contributed by atoms with Crippen molar-refractivity contribution in [2.75, 3.05) is 0 Å². The largest absolute Gasteiger partial charge is 0.438 e. The summed E-state index contributed by atoms with van der Waals surface area (Å²) in [5.74, 6) is 0. The van der Waals surface area contributed by atoms with Crippen LogP contribution in [0.15, 0.2) is 40.9 Å². The Morgan fingerprint density at radius 1 is 1.14 bits per heavy atom. The van der Waals surface area contributed by atoms with Crippen molar-refractivity contribution >= 4 is 35.4 Å². The third kappa shape index (κ3) is 0.955. The van der Waals surface area contributed by atoms with Gasteiger partial charge in [0.2, 0.25) is 5.71 Å². The number of hydrogen-bond acceptors (Lipinski definition) is 2. The van der Waals surface area contributed by atoms with Crippen molar-refractivity contribution in [2.45, 2.75) is 0 Å². The molecule has 3 aromatic rings. The van der Waals surface area contributed by atoms with E-state index < -0.39 is 0 Å². The van der Waals surface area contributed by atoms with Gasteiger partial charge in [-0.2, -0.15) is 0 Å². The lowest BCUT2D eigenvalue weighted by Crippen LogP contribution is -1.98. The first-order valence-electron chi connectivity index (χ1n) is 4.58. The van der Waals surface area contributed by atoms with E-state index in [2.05, 4.69) is 18.9 Å². The molecule has 2 nitrogen and oxygen atoms in total. The molecule has 0 aliphatic carbocycles. The van der Waals surface area contributed by atoms with Crippen LogP contribution in [0.1, 0.15) is 0 Å². The second-order valence-corrected chi connectivity index (χ2v) is 3.46. The number of aromatic nitrogens is 1. The fraction of sp³-hybridized carbons (Fsp3) is 0. The van der Waals surface area contributed by atoms with E-state index in [0.29, 0.717) is 5.71 Å². The van der Waals surface area contributed by atoms with E-state index >= 15 is 0 Å². The van der Waals surface area contributed by atoms with Crippen molar-refractivity contribution in [3.8, 4) is 0 Å². The quantitative estimate of drug-likeness (QED) is 0.487. The lowest BCUT2D eigenvalue weighted by atomic mass is 9.95. The van der Waals surface area contributed by atoms with Gasteiger partial charge in [0.15, 0.2) is 0 Å². The second-order valence-electron chi connectivity index (χ2n) is 3.46. The Balaban J connectivity index is 2.58. The standard InChI is InChI=1S/C11H8BNO/c12-7-3-4-10-9(6-7)8-2-1-5-13-11(8)14-10/h1-6H,12H2. The highest BCUT2D eigenvalue weighted by Crippen LogP contribution is 2.25. The molecule has 66 valence electrons. The maximum atomic E-state index is 5.60. The Kier molecular flexibility index (Phi) is 1.42. The zero-order valence-corrected chi connectivity index (χ0v) is 7.82. The summed E-state index contributed by atoms with van der Waals surface area (Å²) in [5.41, 5.74) is 2.86. The predicted molar refractivity (Wildman–Crippen MR) is 59.7 cm³/mol. The number of hydrogen-bond donors (Lipinski definition) is 0. The Morgan fingerprint density at radius 2 is 2.07 bits per heavy atom. The molecule has 0 radical (unpaired) electrons. The molecule has 3 heteroatoms. The van der Waals surface area contributed by atoms with E-state index in [1.807, 2.05) is 24.3 Å². The number of rotatable bonds is 0. The highest BCUT2D eigenvalue weighted by atomic mass is 16.3. The molecule has 0 atom stereocenters. The van der Waals surface area contributed by atoms with E-state index in [0.717, 1.165) is 16.4 Å². The summed E-state index contributed by atoms with van der Waals surface area (Å²) in [6.45, 7) is 0. The number of nitrogens with zero attached hydrogens (tertiary/aromatic N) is 1. The molecule has 2 heterocycles. The molecule has 1 aromatic carbocycles. The average molecular weight is 181 g/mol. The fourth-order valence-corrected chi connectivity index (χ4v) is 1.72. The van der Waals surface area contributed by atoms with Crippen molar-refractivity contribution in [3.63, 3.8) is 0 Å². The SMILES string of the molecule is Bc1ccc2oc3ncccc3c2c1. The van der Waals surface area contributed by atoms with Gasteiger partial charge in [0.05, 0.1) is 0 Å². The Labute approximate surface area is 82.0 Å². The average Bonchev–Trinajstić information content (AvgIpc) is 2.56. The highest BCUT2D eigenvalue weighted by molar-refractivity contribution is 6.33. The van der Waals surface area contributed by atoms with E-state index in [9.17, 15) is 0 Å². The monoisotopic (exact) mass is 181 g/mol. The van der Waals surface area contributed by atoms with Gasteiger partial charge in [-0.1, -0.05) is 17.6 Å². The Bertz CT molecular complexity index is 615. The molecule has 2 aromatic heterocycles.